The summed E-state index contributed by atoms with van der Waals surface area (Å²) in [5.41, 5.74) is 0.878. The Bertz CT molecular complexity index is 507. The third-order valence-electron chi connectivity index (χ3n) is 3.80. The van der Waals surface area contributed by atoms with Crippen molar-refractivity contribution in [3.8, 4) is 5.75 Å². The third kappa shape index (κ3) is 3.73. The van der Waals surface area contributed by atoms with Crippen molar-refractivity contribution < 1.29 is 13.9 Å². The number of amides is 1. The molecule has 2 atom stereocenters. The lowest BCUT2D eigenvalue weighted by atomic mass is 10.1. The third-order valence-corrected chi connectivity index (χ3v) is 3.80. The number of likely N-dealkylation sites (N-methyl/N-ethyl adjacent to an activating group) is 1. The smallest absolute Gasteiger partial charge is 0.263 e. The Kier molecular flexibility index (Phi) is 5.17. The quantitative estimate of drug-likeness (QED) is 0.876. The number of carbonyl (C=O) groups excluding carboxylic acids is 1. The Balaban J connectivity index is 2.04. The Hall–Kier alpha value is -1.62. The molecular weight excluding hydrogens is 271 g/mol. The Morgan fingerprint density at radius 1 is 1.52 bits per heavy atom. The Morgan fingerprint density at radius 3 is 2.86 bits per heavy atom. The van der Waals surface area contributed by atoms with Gasteiger partial charge < -0.3 is 15.0 Å². The zero-order valence-electron chi connectivity index (χ0n) is 12.9. The number of hydrogen-bond donors (Lipinski definition) is 1. The van der Waals surface area contributed by atoms with Gasteiger partial charge in [0.1, 0.15) is 0 Å². The molecule has 0 aliphatic carbocycles. The number of halogens is 1. The molecule has 1 aliphatic rings. The highest BCUT2D eigenvalue weighted by atomic mass is 19.1. The lowest BCUT2D eigenvalue weighted by Crippen LogP contribution is -2.29. The van der Waals surface area contributed by atoms with Gasteiger partial charge in [0.05, 0.1) is 0 Å². The fourth-order valence-electron chi connectivity index (χ4n) is 2.41. The Morgan fingerprint density at radius 2 is 2.29 bits per heavy atom. The van der Waals surface area contributed by atoms with E-state index in [2.05, 4.69) is 12.2 Å². The van der Waals surface area contributed by atoms with Gasteiger partial charge in [0.15, 0.2) is 17.7 Å². The number of likely N-dealkylation sites (tertiary alicyclic amines) is 1. The largest absolute Gasteiger partial charge is 0.477 e. The second kappa shape index (κ2) is 6.89. The SMILES string of the molecule is CCCNC(C)c1ccc(OC2CCN(C)C2=O)c(F)c1. The summed E-state index contributed by atoms with van der Waals surface area (Å²) in [6.07, 6.45) is 1.07. The molecule has 1 saturated heterocycles. The minimum atomic E-state index is -0.564. The number of rotatable bonds is 6. The van der Waals surface area contributed by atoms with Crippen LogP contribution in [0.15, 0.2) is 18.2 Å². The molecule has 0 spiro atoms. The van der Waals surface area contributed by atoms with Crippen molar-refractivity contribution in [1.82, 2.24) is 10.2 Å². The van der Waals surface area contributed by atoms with Crippen molar-refractivity contribution >= 4 is 5.91 Å². The maximum Gasteiger partial charge on any atom is 0.263 e. The van der Waals surface area contributed by atoms with Gasteiger partial charge in [-0.2, -0.15) is 0 Å². The lowest BCUT2D eigenvalue weighted by molar-refractivity contribution is -0.132. The van der Waals surface area contributed by atoms with Gasteiger partial charge in [0, 0.05) is 26.1 Å². The summed E-state index contributed by atoms with van der Waals surface area (Å²) in [6.45, 7) is 5.64. The molecule has 116 valence electrons. The van der Waals surface area contributed by atoms with Crippen LogP contribution in [0.1, 0.15) is 38.3 Å². The highest BCUT2D eigenvalue weighted by Crippen LogP contribution is 2.25. The number of benzene rings is 1. The van der Waals surface area contributed by atoms with Gasteiger partial charge in [-0.25, -0.2) is 4.39 Å². The molecule has 0 radical (unpaired) electrons. The lowest BCUT2D eigenvalue weighted by Gasteiger charge is -2.17. The second-order valence-electron chi connectivity index (χ2n) is 5.52. The first kappa shape index (κ1) is 15.8. The van der Waals surface area contributed by atoms with Crippen LogP contribution in [-0.4, -0.2) is 37.0 Å². The summed E-state index contributed by atoms with van der Waals surface area (Å²) in [6, 6.07) is 5.02. The predicted molar refractivity (Wildman–Crippen MR) is 79.8 cm³/mol. The van der Waals surface area contributed by atoms with Crippen molar-refractivity contribution in [2.75, 3.05) is 20.1 Å². The molecule has 1 heterocycles. The van der Waals surface area contributed by atoms with Crippen molar-refractivity contribution in [3.63, 3.8) is 0 Å². The molecule has 1 N–H and O–H groups in total. The van der Waals surface area contributed by atoms with E-state index in [9.17, 15) is 9.18 Å². The first-order valence-electron chi connectivity index (χ1n) is 7.47. The standard InChI is InChI=1S/C16H23FN2O2/c1-4-8-18-11(2)12-5-6-14(13(17)10-12)21-15-7-9-19(3)16(15)20/h5-6,10-11,15,18H,4,7-9H2,1-3H3. The maximum absolute atomic E-state index is 14.1. The first-order valence-corrected chi connectivity index (χ1v) is 7.47. The monoisotopic (exact) mass is 294 g/mol. The van der Waals surface area contributed by atoms with Gasteiger partial charge in [0.25, 0.3) is 5.91 Å². The molecule has 1 aliphatic heterocycles. The molecule has 1 aromatic carbocycles. The van der Waals surface area contributed by atoms with E-state index >= 15 is 0 Å². The van der Waals surface area contributed by atoms with Gasteiger partial charge in [-0.15, -0.1) is 0 Å². The molecule has 0 saturated carbocycles. The summed E-state index contributed by atoms with van der Waals surface area (Å²) in [7, 11) is 1.73. The predicted octanol–water partition coefficient (Wildman–Crippen LogP) is 2.50. The molecule has 2 unspecified atom stereocenters. The summed E-state index contributed by atoms with van der Waals surface area (Å²) in [4.78, 5) is 13.4. The van der Waals surface area contributed by atoms with Crippen LogP contribution in [0.2, 0.25) is 0 Å². The molecule has 21 heavy (non-hydrogen) atoms. The van der Waals surface area contributed by atoms with Crippen LogP contribution < -0.4 is 10.1 Å². The van der Waals surface area contributed by atoms with E-state index in [-0.39, 0.29) is 17.7 Å². The topological polar surface area (TPSA) is 41.6 Å². The minimum Gasteiger partial charge on any atom is -0.477 e. The van der Waals surface area contributed by atoms with Crippen LogP contribution in [0.3, 0.4) is 0 Å². The van der Waals surface area contributed by atoms with Crippen molar-refractivity contribution in [2.24, 2.45) is 0 Å². The van der Waals surface area contributed by atoms with E-state index < -0.39 is 11.9 Å². The van der Waals surface area contributed by atoms with E-state index in [1.165, 1.54) is 6.07 Å². The molecular formula is C16H23FN2O2. The molecule has 1 fully saturated rings. The van der Waals surface area contributed by atoms with Gasteiger partial charge >= 0.3 is 0 Å². The second-order valence-corrected chi connectivity index (χ2v) is 5.52. The van der Waals surface area contributed by atoms with Gasteiger partial charge in [0.2, 0.25) is 0 Å². The van der Waals surface area contributed by atoms with Gasteiger partial charge in [-0.05, 0) is 37.6 Å². The van der Waals surface area contributed by atoms with Crippen LogP contribution in [0.5, 0.6) is 5.75 Å². The first-order chi connectivity index (χ1) is 10.0. The summed E-state index contributed by atoms with van der Waals surface area (Å²) < 4.78 is 19.7. The Labute approximate surface area is 125 Å². The molecule has 1 amide bonds. The number of nitrogens with one attached hydrogen (secondary N) is 1. The summed E-state index contributed by atoms with van der Waals surface area (Å²) >= 11 is 0. The van der Waals surface area contributed by atoms with Crippen LogP contribution in [-0.2, 0) is 4.79 Å². The molecule has 4 nitrogen and oxygen atoms in total. The average molecular weight is 294 g/mol. The maximum atomic E-state index is 14.1. The van der Waals surface area contributed by atoms with E-state index in [4.69, 9.17) is 4.74 Å². The van der Waals surface area contributed by atoms with Crippen molar-refractivity contribution in [3.05, 3.63) is 29.6 Å². The zero-order valence-corrected chi connectivity index (χ0v) is 12.9. The van der Waals surface area contributed by atoms with Crippen LogP contribution in [0.4, 0.5) is 4.39 Å². The van der Waals surface area contributed by atoms with E-state index in [1.54, 1.807) is 18.0 Å². The van der Waals surface area contributed by atoms with Crippen LogP contribution in [0, 0.1) is 5.82 Å². The number of hydrogen-bond acceptors (Lipinski definition) is 3. The van der Waals surface area contributed by atoms with Crippen LogP contribution >= 0.6 is 0 Å². The van der Waals surface area contributed by atoms with E-state index in [1.807, 2.05) is 13.0 Å². The highest BCUT2D eigenvalue weighted by molar-refractivity contribution is 5.83. The summed E-state index contributed by atoms with van der Waals surface area (Å²) in [5.74, 6) is -0.355. The molecule has 0 bridgehead atoms. The number of ether oxygens (including phenoxy) is 1. The average Bonchev–Trinajstić information content (AvgIpc) is 2.78. The van der Waals surface area contributed by atoms with Crippen LogP contribution in [0.25, 0.3) is 0 Å². The normalized spacial score (nSPS) is 19.9. The fraction of sp³-hybridized carbons (Fsp3) is 0.562. The molecule has 5 heteroatoms. The van der Waals surface area contributed by atoms with Crippen molar-refractivity contribution in [2.45, 2.75) is 38.8 Å². The molecule has 0 aromatic heterocycles. The summed E-state index contributed by atoms with van der Waals surface area (Å²) in [5, 5.41) is 3.31. The fourth-order valence-corrected chi connectivity index (χ4v) is 2.41. The number of nitrogens with zero attached hydrogens (tertiary/aromatic N) is 1. The minimum absolute atomic E-state index is 0.0866. The molecule has 2 rings (SSSR count). The van der Waals surface area contributed by atoms with E-state index in [0.717, 1.165) is 18.5 Å². The zero-order chi connectivity index (χ0) is 15.4. The highest BCUT2D eigenvalue weighted by Gasteiger charge is 2.31. The van der Waals surface area contributed by atoms with Gasteiger partial charge in [-0.3, -0.25) is 4.79 Å². The van der Waals surface area contributed by atoms with E-state index in [0.29, 0.717) is 13.0 Å². The van der Waals surface area contributed by atoms with Gasteiger partial charge in [-0.1, -0.05) is 13.0 Å². The van der Waals surface area contributed by atoms with Crippen molar-refractivity contribution in [1.29, 1.82) is 0 Å². The number of carbonyl (C=O) groups is 1. The molecule has 1 aromatic rings.